The highest BCUT2D eigenvalue weighted by atomic mass is 16.6. The quantitative estimate of drug-likeness (QED) is 0.646. The van der Waals surface area contributed by atoms with Crippen molar-refractivity contribution in [2.75, 3.05) is 13.1 Å². The van der Waals surface area contributed by atoms with E-state index in [-0.39, 0.29) is 11.6 Å². The van der Waals surface area contributed by atoms with E-state index < -0.39 is 10.9 Å². The molecule has 1 atom stereocenters. The fourth-order valence-electron chi connectivity index (χ4n) is 2.20. The van der Waals surface area contributed by atoms with Gasteiger partial charge in [-0.3, -0.25) is 19.8 Å². The SMILES string of the molecule is O=C(O)C1CCN(Cc2cccc([N+](=O)[O-])c2)C1. The molecule has 1 fully saturated rings. The van der Waals surface area contributed by atoms with E-state index in [1.165, 1.54) is 12.1 Å². The molecule has 6 nitrogen and oxygen atoms in total. The van der Waals surface area contributed by atoms with Crippen LogP contribution in [0.2, 0.25) is 0 Å². The van der Waals surface area contributed by atoms with Crippen molar-refractivity contribution in [2.45, 2.75) is 13.0 Å². The first-order valence-corrected chi connectivity index (χ1v) is 5.75. The number of nitro benzene ring substituents is 1. The van der Waals surface area contributed by atoms with Crippen LogP contribution in [-0.4, -0.2) is 34.0 Å². The van der Waals surface area contributed by atoms with Crippen molar-refractivity contribution in [3.05, 3.63) is 39.9 Å². The number of carboxylic acid groups (broad SMARTS) is 1. The second-order valence-electron chi connectivity index (χ2n) is 4.49. The largest absolute Gasteiger partial charge is 0.481 e. The first kappa shape index (κ1) is 12.5. The van der Waals surface area contributed by atoms with Gasteiger partial charge in [0.25, 0.3) is 5.69 Å². The molecule has 1 aromatic carbocycles. The average Bonchev–Trinajstić information content (AvgIpc) is 2.78. The van der Waals surface area contributed by atoms with Crippen molar-refractivity contribution in [1.82, 2.24) is 4.90 Å². The van der Waals surface area contributed by atoms with Gasteiger partial charge in [-0.1, -0.05) is 12.1 Å². The lowest BCUT2D eigenvalue weighted by atomic mass is 10.1. The van der Waals surface area contributed by atoms with E-state index in [0.717, 1.165) is 12.1 Å². The van der Waals surface area contributed by atoms with Crippen LogP contribution < -0.4 is 0 Å². The summed E-state index contributed by atoms with van der Waals surface area (Å²) < 4.78 is 0. The van der Waals surface area contributed by atoms with Gasteiger partial charge in [0, 0.05) is 25.2 Å². The van der Waals surface area contributed by atoms with Gasteiger partial charge in [-0.15, -0.1) is 0 Å². The molecular formula is C12H14N2O4. The lowest BCUT2D eigenvalue weighted by Gasteiger charge is -2.14. The van der Waals surface area contributed by atoms with Gasteiger partial charge in [0.05, 0.1) is 10.8 Å². The Bertz CT molecular complexity index is 475. The third-order valence-corrected chi connectivity index (χ3v) is 3.15. The average molecular weight is 250 g/mol. The van der Waals surface area contributed by atoms with Crippen LogP contribution in [0.4, 0.5) is 5.69 Å². The topological polar surface area (TPSA) is 83.7 Å². The predicted molar refractivity (Wildman–Crippen MR) is 64.1 cm³/mol. The highest BCUT2D eigenvalue weighted by Gasteiger charge is 2.27. The summed E-state index contributed by atoms with van der Waals surface area (Å²) in [5, 5.41) is 19.5. The van der Waals surface area contributed by atoms with Gasteiger partial charge < -0.3 is 5.11 Å². The van der Waals surface area contributed by atoms with Crippen LogP contribution in [0.5, 0.6) is 0 Å². The molecule has 96 valence electrons. The van der Waals surface area contributed by atoms with Gasteiger partial charge in [-0.2, -0.15) is 0 Å². The molecule has 1 aliphatic heterocycles. The number of rotatable bonds is 4. The number of likely N-dealkylation sites (tertiary alicyclic amines) is 1. The Hall–Kier alpha value is -1.95. The number of carbonyl (C=O) groups is 1. The summed E-state index contributed by atoms with van der Waals surface area (Å²) in [7, 11) is 0. The fraction of sp³-hybridized carbons (Fsp3) is 0.417. The zero-order chi connectivity index (χ0) is 13.1. The molecule has 2 rings (SSSR count). The summed E-state index contributed by atoms with van der Waals surface area (Å²) in [6.07, 6.45) is 0.643. The molecule has 0 aliphatic carbocycles. The molecule has 1 N–H and O–H groups in total. The van der Waals surface area contributed by atoms with Crippen LogP contribution in [0.25, 0.3) is 0 Å². The third kappa shape index (κ3) is 2.84. The molecular weight excluding hydrogens is 236 g/mol. The number of carboxylic acids is 1. The molecule has 18 heavy (non-hydrogen) atoms. The Labute approximate surface area is 104 Å². The van der Waals surface area contributed by atoms with Gasteiger partial charge >= 0.3 is 5.97 Å². The number of hydrogen-bond acceptors (Lipinski definition) is 4. The molecule has 0 amide bonds. The fourth-order valence-corrected chi connectivity index (χ4v) is 2.20. The normalized spacial score (nSPS) is 19.9. The number of nitrogens with zero attached hydrogens (tertiary/aromatic N) is 2. The second kappa shape index (κ2) is 5.14. The molecule has 0 aromatic heterocycles. The Morgan fingerprint density at radius 2 is 2.33 bits per heavy atom. The van der Waals surface area contributed by atoms with Gasteiger partial charge in [0.1, 0.15) is 0 Å². The summed E-state index contributed by atoms with van der Waals surface area (Å²) in [5.41, 5.74) is 0.914. The van der Waals surface area contributed by atoms with Gasteiger partial charge in [0.2, 0.25) is 0 Å². The smallest absolute Gasteiger partial charge is 0.307 e. The predicted octanol–water partition coefficient (Wildman–Crippen LogP) is 1.50. The van der Waals surface area contributed by atoms with E-state index in [9.17, 15) is 14.9 Å². The first-order chi connectivity index (χ1) is 8.56. The summed E-state index contributed by atoms with van der Waals surface area (Å²) >= 11 is 0. The minimum Gasteiger partial charge on any atom is -0.481 e. The maximum Gasteiger partial charge on any atom is 0.307 e. The van der Waals surface area contributed by atoms with Crippen molar-refractivity contribution in [1.29, 1.82) is 0 Å². The molecule has 0 spiro atoms. The Morgan fingerprint density at radius 1 is 1.56 bits per heavy atom. The monoisotopic (exact) mass is 250 g/mol. The highest BCUT2D eigenvalue weighted by molar-refractivity contribution is 5.70. The van der Waals surface area contributed by atoms with Crippen LogP contribution in [0, 0.1) is 16.0 Å². The maximum absolute atomic E-state index is 10.8. The van der Waals surface area contributed by atoms with E-state index in [4.69, 9.17) is 5.11 Å². The zero-order valence-corrected chi connectivity index (χ0v) is 9.78. The Kier molecular flexibility index (Phi) is 3.57. The van der Waals surface area contributed by atoms with E-state index >= 15 is 0 Å². The van der Waals surface area contributed by atoms with E-state index in [2.05, 4.69) is 0 Å². The van der Waals surface area contributed by atoms with Crippen molar-refractivity contribution in [3.63, 3.8) is 0 Å². The van der Waals surface area contributed by atoms with Crippen LogP contribution in [0.3, 0.4) is 0 Å². The molecule has 6 heteroatoms. The van der Waals surface area contributed by atoms with Crippen molar-refractivity contribution in [2.24, 2.45) is 5.92 Å². The summed E-state index contributed by atoms with van der Waals surface area (Å²) in [4.78, 5) is 23.1. The number of nitro groups is 1. The minimum atomic E-state index is -0.767. The van der Waals surface area contributed by atoms with Crippen LogP contribution in [0.15, 0.2) is 24.3 Å². The lowest BCUT2D eigenvalue weighted by molar-refractivity contribution is -0.384. The van der Waals surface area contributed by atoms with E-state index in [1.807, 2.05) is 11.0 Å². The van der Waals surface area contributed by atoms with Gasteiger partial charge in [-0.25, -0.2) is 0 Å². The van der Waals surface area contributed by atoms with Crippen molar-refractivity contribution < 1.29 is 14.8 Å². The molecule has 0 bridgehead atoms. The van der Waals surface area contributed by atoms with Crippen LogP contribution in [0.1, 0.15) is 12.0 Å². The molecule has 1 aliphatic rings. The standard InChI is InChI=1S/C12H14N2O4/c15-12(16)10-4-5-13(8-10)7-9-2-1-3-11(6-9)14(17)18/h1-3,6,10H,4-5,7-8H2,(H,15,16). The van der Waals surface area contributed by atoms with E-state index in [0.29, 0.717) is 19.5 Å². The summed E-state index contributed by atoms with van der Waals surface area (Å²) in [5.74, 6) is -1.08. The minimum absolute atomic E-state index is 0.0708. The first-order valence-electron chi connectivity index (χ1n) is 5.75. The number of aliphatic carboxylic acids is 1. The van der Waals surface area contributed by atoms with Crippen LogP contribution in [-0.2, 0) is 11.3 Å². The highest BCUT2D eigenvalue weighted by Crippen LogP contribution is 2.20. The molecule has 0 saturated carbocycles. The third-order valence-electron chi connectivity index (χ3n) is 3.15. The molecule has 1 heterocycles. The van der Waals surface area contributed by atoms with Gasteiger partial charge in [-0.05, 0) is 18.5 Å². The lowest BCUT2D eigenvalue weighted by Crippen LogP contribution is -2.22. The van der Waals surface area contributed by atoms with E-state index in [1.54, 1.807) is 6.07 Å². The maximum atomic E-state index is 10.8. The summed E-state index contributed by atoms with van der Waals surface area (Å²) in [6.45, 7) is 1.79. The van der Waals surface area contributed by atoms with Crippen LogP contribution >= 0.6 is 0 Å². The van der Waals surface area contributed by atoms with Crippen molar-refractivity contribution in [3.8, 4) is 0 Å². The number of benzene rings is 1. The summed E-state index contributed by atoms with van der Waals surface area (Å²) in [6, 6.07) is 6.46. The molecule has 1 saturated heterocycles. The Morgan fingerprint density at radius 3 is 2.94 bits per heavy atom. The Balaban J connectivity index is 2.00. The molecule has 1 unspecified atom stereocenters. The number of non-ortho nitro benzene ring substituents is 1. The molecule has 0 radical (unpaired) electrons. The number of hydrogen-bond donors (Lipinski definition) is 1. The second-order valence-corrected chi connectivity index (χ2v) is 4.49. The zero-order valence-electron chi connectivity index (χ0n) is 9.78. The van der Waals surface area contributed by atoms with Gasteiger partial charge in [0.15, 0.2) is 0 Å². The van der Waals surface area contributed by atoms with Crippen molar-refractivity contribution >= 4 is 11.7 Å². The molecule has 1 aromatic rings.